The number of aliphatic hydroxyl groups excluding tert-OH is 1. The summed E-state index contributed by atoms with van der Waals surface area (Å²) in [4.78, 5) is 25.5. The van der Waals surface area contributed by atoms with Crippen LogP contribution in [0.1, 0.15) is 37.3 Å². The summed E-state index contributed by atoms with van der Waals surface area (Å²) in [6, 6.07) is 9.34. The molecule has 5 nitrogen and oxygen atoms in total. The lowest BCUT2D eigenvalue weighted by atomic mass is 10.0. The molecule has 0 bridgehead atoms. The average Bonchev–Trinajstić information content (AvgIpc) is 2.50. The van der Waals surface area contributed by atoms with E-state index in [9.17, 15) is 9.59 Å². The highest BCUT2D eigenvalue weighted by Crippen LogP contribution is 2.16. The highest BCUT2D eigenvalue weighted by atomic mass is 16.3. The molecule has 1 heterocycles. The van der Waals surface area contributed by atoms with Crippen LogP contribution in [0.2, 0.25) is 0 Å². The van der Waals surface area contributed by atoms with E-state index in [0.717, 1.165) is 18.4 Å². The van der Waals surface area contributed by atoms with E-state index in [1.807, 2.05) is 30.3 Å². The quantitative estimate of drug-likeness (QED) is 0.828. The minimum atomic E-state index is -0.219. The smallest absolute Gasteiger partial charge is 0.240 e. The van der Waals surface area contributed by atoms with E-state index in [2.05, 4.69) is 5.32 Å². The molecule has 0 aliphatic carbocycles. The Kier molecular flexibility index (Phi) is 5.75. The van der Waals surface area contributed by atoms with Crippen LogP contribution in [0, 0.1) is 0 Å². The standard InChI is InChI=1S/C16H22N2O3/c19-11-9-14(13-6-2-1-3-7-13)17-15(20)12-18-10-5-4-8-16(18)21/h1-3,6-7,14,19H,4-5,8-12H2,(H,17,20). The Hall–Kier alpha value is -1.88. The van der Waals surface area contributed by atoms with E-state index in [4.69, 9.17) is 5.11 Å². The van der Waals surface area contributed by atoms with E-state index < -0.39 is 0 Å². The number of benzene rings is 1. The molecule has 21 heavy (non-hydrogen) atoms. The first-order chi connectivity index (χ1) is 10.2. The molecule has 2 rings (SSSR count). The Morgan fingerprint density at radius 2 is 2.05 bits per heavy atom. The van der Waals surface area contributed by atoms with Gasteiger partial charge in [-0.3, -0.25) is 9.59 Å². The Balaban J connectivity index is 1.93. The molecule has 114 valence electrons. The summed E-state index contributed by atoms with van der Waals surface area (Å²) in [5.74, 6) is -0.123. The second-order valence-corrected chi connectivity index (χ2v) is 5.32. The van der Waals surface area contributed by atoms with Crippen LogP contribution in [0.3, 0.4) is 0 Å². The summed E-state index contributed by atoms with van der Waals surface area (Å²) in [5, 5.41) is 12.1. The van der Waals surface area contributed by atoms with Crippen molar-refractivity contribution in [2.24, 2.45) is 0 Å². The molecule has 1 fully saturated rings. The van der Waals surface area contributed by atoms with Crippen molar-refractivity contribution in [3.63, 3.8) is 0 Å². The lowest BCUT2D eigenvalue weighted by Crippen LogP contribution is -2.43. The number of aliphatic hydroxyl groups is 1. The van der Waals surface area contributed by atoms with Crippen LogP contribution in [0.25, 0.3) is 0 Å². The first-order valence-electron chi connectivity index (χ1n) is 7.43. The van der Waals surface area contributed by atoms with Gasteiger partial charge in [0.25, 0.3) is 0 Å². The molecule has 1 saturated heterocycles. The van der Waals surface area contributed by atoms with Crippen molar-refractivity contribution >= 4 is 11.8 Å². The monoisotopic (exact) mass is 290 g/mol. The van der Waals surface area contributed by atoms with Crippen molar-refractivity contribution in [2.75, 3.05) is 19.7 Å². The van der Waals surface area contributed by atoms with Gasteiger partial charge in [-0.2, -0.15) is 0 Å². The SMILES string of the molecule is O=C(CN1CCCCC1=O)NC(CCO)c1ccccc1. The summed E-state index contributed by atoms with van der Waals surface area (Å²) in [5.41, 5.74) is 0.963. The number of hydrogen-bond donors (Lipinski definition) is 2. The zero-order valence-corrected chi connectivity index (χ0v) is 12.1. The van der Waals surface area contributed by atoms with E-state index in [0.29, 0.717) is 19.4 Å². The van der Waals surface area contributed by atoms with Crippen molar-refractivity contribution in [2.45, 2.75) is 31.7 Å². The molecular weight excluding hydrogens is 268 g/mol. The molecule has 1 atom stereocenters. The number of carbonyl (C=O) groups excluding carboxylic acids is 2. The summed E-state index contributed by atoms with van der Waals surface area (Å²) >= 11 is 0. The van der Waals surface area contributed by atoms with Crippen molar-refractivity contribution in [3.8, 4) is 0 Å². The maximum Gasteiger partial charge on any atom is 0.240 e. The van der Waals surface area contributed by atoms with Gasteiger partial charge in [-0.15, -0.1) is 0 Å². The van der Waals surface area contributed by atoms with Crippen molar-refractivity contribution in [3.05, 3.63) is 35.9 Å². The second-order valence-electron chi connectivity index (χ2n) is 5.32. The molecule has 0 radical (unpaired) electrons. The number of carbonyl (C=O) groups is 2. The third-order valence-corrected chi connectivity index (χ3v) is 3.71. The van der Waals surface area contributed by atoms with Gasteiger partial charge < -0.3 is 15.3 Å². The lowest BCUT2D eigenvalue weighted by molar-refractivity contribution is -0.138. The van der Waals surface area contributed by atoms with Gasteiger partial charge in [-0.05, 0) is 24.8 Å². The normalized spacial score (nSPS) is 16.6. The molecule has 1 aromatic rings. The van der Waals surface area contributed by atoms with Crippen molar-refractivity contribution in [1.82, 2.24) is 10.2 Å². The van der Waals surface area contributed by atoms with Gasteiger partial charge in [-0.25, -0.2) is 0 Å². The van der Waals surface area contributed by atoms with Gasteiger partial charge in [0.1, 0.15) is 0 Å². The Morgan fingerprint density at radius 1 is 1.29 bits per heavy atom. The van der Waals surface area contributed by atoms with Crippen LogP contribution in [-0.2, 0) is 9.59 Å². The number of likely N-dealkylation sites (tertiary alicyclic amines) is 1. The lowest BCUT2D eigenvalue weighted by Gasteiger charge is -2.27. The van der Waals surface area contributed by atoms with Crippen LogP contribution in [0.4, 0.5) is 0 Å². The van der Waals surface area contributed by atoms with Crippen LogP contribution in [-0.4, -0.2) is 41.5 Å². The average molecular weight is 290 g/mol. The molecule has 5 heteroatoms. The highest BCUT2D eigenvalue weighted by molar-refractivity contribution is 5.85. The zero-order valence-electron chi connectivity index (χ0n) is 12.1. The van der Waals surface area contributed by atoms with Gasteiger partial charge in [0, 0.05) is 19.6 Å². The number of piperidine rings is 1. The predicted octanol–water partition coefficient (Wildman–Crippen LogP) is 1.24. The van der Waals surface area contributed by atoms with Crippen molar-refractivity contribution in [1.29, 1.82) is 0 Å². The molecule has 1 unspecified atom stereocenters. The fraction of sp³-hybridized carbons (Fsp3) is 0.500. The summed E-state index contributed by atoms with van der Waals surface area (Å²) in [7, 11) is 0. The molecule has 0 saturated carbocycles. The van der Waals surface area contributed by atoms with Crippen LogP contribution < -0.4 is 5.32 Å². The maximum absolute atomic E-state index is 12.1. The Labute approximate surface area is 125 Å². The van der Waals surface area contributed by atoms with Crippen LogP contribution in [0.15, 0.2) is 30.3 Å². The number of amides is 2. The van der Waals surface area contributed by atoms with Crippen LogP contribution in [0.5, 0.6) is 0 Å². The summed E-state index contributed by atoms with van der Waals surface area (Å²) in [6.07, 6.45) is 2.86. The molecule has 0 spiro atoms. The van der Waals surface area contributed by atoms with Gasteiger partial charge in [-0.1, -0.05) is 30.3 Å². The Morgan fingerprint density at radius 3 is 2.71 bits per heavy atom. The van der Waals surface area contributed by atoms with E-state index in [1.165, 1.54) is 0 Å². The predicted molar refractivity (Wildman–Crippen MR) is 79.5 cm³/mol. The first-order valence-corrected chi connectivity index (χ1v) is 7.43. The van der Waals surface area contributed by atoms with Gasteiger partial charge >= 0.3 is 0 Å². The third kappa shape index (κ3) is 4.56. The van der Waals surface area contributed by atoms with Gasteiger partial charge in [0.15, 0.2) is 0 Å². The third-order valence-electron chi connectivity index (χ3n) is 3.71. The highest BCUT2D eigenvalue weighted by Gasteiger charge is 2.22. The number of hydrogen-bond acceptors (Lipinski definition) is 3. The Bertz CT molecular complexity index is 476. The number of nitrogens with one attached hydrogen (secondary N) is 1. The topological polar surface area (TPSA) is 69.6 Å². The fourth-order valence-corrected chi connectivity index (χ4v) is 2.58. The van der Waals surface area contributed by atoms with Crippen LogP contribution >= 0.6 is 0 Å². The second kappa shape index (κ2) is 7.78. The largest absolute Gasteiger partial charge is 0.396 e. The molecule has 2 N–H and O–H groups in total. The van der Waals surface area contributed by atoms with Crippen molar-refractivity contribution < 1.29 is 14.7 Å². The van der Waals surface area contributed by atoms with Gasteiger partial charge in [0.05, 0.1) is 12.6 Å². The molecule has 1 aromatic carbocycles. The first kappa shape index (κ1) is 15.5. The molecule has 0 aromatic heterocycles. The molecular formula is C16H22N2O3. The van der Waals surface area contributed by atoms with E-state index >= 15 is 0 Å². The number of rotatable bonds is 6. The molecule has 2 amide bonds. The minimum Gasteiger partial charge on any atom is -0.396 e. The maximum atomic E-state index is 12.1. The fourth-order valence-electron chi connectivity index (χ4n) is 2.58. The number of nitrogens with zero attached hydrogens (tertiary/aromatic N) is 1. The van der Waals surface area contributed by atoms with E-state index in [1.54, 1.807) is 4.90 Å². The zero-order chi connectivity index (χ0) is 15.1. The molecule has 1 aliphatic heterocycles. The van der Waals surface area contributed by atoms with E-state index in [-0.39, 0.29) is 31.0 Å². The summed E-state index contributed by atoms with van der Waals surface area (Å²) < 4.78 is 0. The van der Waals surface area contributed by atoms with Gasteiger partial charge in [0.2, 0.25) is 11.8 Å². The minimum absolute atomic E-state index is 0.00247. The molecule has 1 aliphatic rings. The summed E-state index contributed by atoms with van der Waals surface area (Å²) in [6.45, 7) is 0.762.